The second-order valence-corrected chi connectivity index (χ2v) is 3.95. The van der Waals surface area contributed by atoms with Gasteiger partial charge in [-0.1, -0.05) is 6.92 Å². The van der Waals surface area contributed by atoms with Gasteiger partial charge in [-0.15, -0.1) is 0 Å². The van der Waals surface area contributed by atoms with Crippen molar-refractivity contribution in [2.24, 2.45) is 0 Å². The predicted molar refractivity (Wildman–Crippen MR) is 69.7 cm³/mol. The van der Waals surface area contributed by atoms with E-state index >= 15 is 0 Å². The molecule has 0 aliphatic carbocycles. The zero-order valence-electron chi connectivity index (χ0n) is 11.1. The summed E-state index contributed by atoms with van der Waals surface area (Å²) in [5, 5.41) is 10.5. The fourth-order valence-corrected chi connectivity index (χ4v) is 1.74. The SMILES string of the molecule is CCCOC(=O)c1c(C)nc(NNC)c2n[nH]nc12. The van der Waals surface area contributed by atoms with E-state index in [9.17, 15) is 4.79 Å². The Morgan fingerprint density at radius 3 is 2.79 bits per heavy atom. The summed E-state index contributed by atoms with van der Waals surface area (Å²) in [6.45, 7) is 4.04. The summed E-state index contributed by atoms with van der Waals surface area (Å²) in [7, 11) is 1.71. The maximum Gasteiger partial charge on any atom is 0.342 e. The monoisotopic (exact) mass is 264 g/mol. The van der Waals surface area contributed by atoms with Crippen molar-refractivity contribution in [3.05, 3.63) is 11.3 Å². The van der Waals surface area contributed by atoms with Crippen molar-refractivity contribution in [3.8, 4) is 0 Å². The predicted octanol–water partition coefficient (Wildman–Crippen LogP) is 0.774. The van der Waals surface area contributed by atoms with Crippen LogP contribution in [-0.2, 0) is 4.74 Å². The number of nitrogens with zero attached hydrogens (tertiary/aromatic N) is 3. The van der Waals surface area contributed by atoms with Gasteiger partial charge in [0.1, 0.15) is 11.1 Å². The number of aromatic nitrogens is 4. The Balaban J connectivity index is 2.50. The van der Waals surface area contributed by atoms with E-state index in [4.69, 9.17) is 4.74 Å². The molecule has 2 aromatic heterocycles. The largest absolute Gasteiger partial charge is 0.462 e. The van der Waals surface area contributed by atoms with E-state index in [2.05, 4.69) is 31.2 Å². The van der Waals surface area contributed by atoms with Crippen LogP contribution in [-0.4, -0.2) is 40.0 Å². The third-order valence-electron chi connectivity index (χ3n) is 2.54. The number of aryl methyl sites for hydroxylation is 1. The van der Waals surface area contributed by atoms with Crippen LogP contribution in [0.15, 0.2) is 0 Å². The summed E-state index contributed by atoms with van der Waals surface area (Å²) in [5.41, 5.74) is 7.44. The first kappa shape index (κ1) is 13.2. The lowest BCUT2D eigenvalue weighted by Crippen LogP contribution is -2.18. The van der Waals surface area contributed by atoms with Crippen molar-refractivity contribution in [1.82, 2.24) is 25.8 Å². The van der Waals surface area contributed by atoms with E-state index in [1.807, 2.05) is 6.92 Å². The van der Waals surface area contributed by atoms with Crippen LogP contribution in [0.5, 0.6) is 0 Å². The van der Waals surface area contributed by atoms with Gasteiger partial charge in [-0.25, -0.2) is 15.2 Å². The van der Waals surface area contributed by atoms with Gasteiger partial charge < -0.3 is 10.2 Å². The molecular weight excluding hydrogens is 248 g/mol. The standard InChI is InChI=1S/C11H16N6O2/c1-4-5-19-11(18)7-6(2)13-10(16-12-3)9-8(7)14-17-15-9/h12H,4-5H2,1-3H3,(H,13,16)(H,14,15,17). The van der Waals surface area contributed by atoms with E-state index in [0.29, 0.717) is 34.7 Å². The summed E-state index contributed by atoms with van der Waals surface area (Å²) in [6, 6.07) is 0. The van der Waals surface area contributed by atoms with Crippen LogP contribution in [0.1, 0.15) is 29.4 Å². The summed E-state index contributed by atoms with van der Waals surface area (Å²) < 4.78 is 5.14. The average molecular weight is 264 g/mol. The van der Waals surface area contributed by atoms with Crippen molar-refractivity contribution >= 4 is 22.8 Å². The molecule has 0 fully saturated rings. The highest BCUT2D eigenvalue weighted by molar-refractivity contribution is 6.05. The van der Waals surface area contributed by atoms with Crippen LogP contribution < -0.4 is 10.9 Å². The van der Waals surface area contributed by atoms with Crippen molar-refractivity contribution in [2.45, 2.75) is 20.3 Å². The van der Waals surface area contributed by atoms with Crippen LogP contribution in [0.2, 0.25) is 0 Å². The van der Waals surface area contributed by atoms with Gasteiger partial charge in [-0.2, -0.15) is 15.4 Å². The first-order valence-corrected chi connectivity index (χ1v) is 6.00. The van der Waals surface area contributed by atoms with Gasteiger partial charge >= 0.3 is 5.97 Å². The Bertz CT molecular complexity index is 594. The highest BCUT2D eigenvalue weighted by Gasteiger charge is 2.21. The van der Waals surface area contributed by atoms with Gasteiger partial charge in [0.15, 0.2) is 11.3 Å². The minimum Gasteiger partial charge on any atom is -0.462 e. The van der Waals surface area contributed by atoms with Crippen LogP contribution in [0.4, 0.5) is 5.82 Å². The Kier molecular flexibility index (Phi) is 3.91. The number of fused-ring (bicyclic) bond motifs is 1. The van der Waals surface area contributed by atoms with Crippen molar-refractivity contribution in [2.75, 3.05) is 19.1 Å². The lowest BCUT2D eigenvalue weighted by atomic mass is 10.1. The molecule has 0 spiro atoms. The molecule has 2 heterocycles. The van der Waals surface area contributed by atoms with E-state index < -0.39 is 5.97 Å². The lowest BCUT2D eigenvalue weighted by molar-refractivity contribution is 0.0506. The zero-order chi connectivity index (χ0) is 13.8. The lowest BCUT2D eigenvalue weighted by Gasteiger charge is -2.09. The van der Waals surface area contributed by atoms with Crippen LogP contribution in [0.25, 0.3) is 11.0 Å². The van der Waals surface area contributed by atoms with Gasteiger partial charge in [0, 0.05) is 7.05 Å². The third-order valence-corrected chi connectivity index (χ3v) is 2.54. The number of carbonyl (C=O) groups excluding carboxylic acids is 1. The fraction of sp³-hybridized carbons (Fsp3) is 0.455. The van der Waals surface area contributed by atoms with Gasteiger partial charge in [0.2, 0.25) is 0 Å². The Hall–Kier alpha value is -2.22. The second-order valence-electron chi connectivity index (χ2n) is 3.95. The molecule has 2 aromatic rings. The molecule has 8 heteroatoms. The van der Waals surface area contributed by atoms with Crippen molar-refractivity contribution in [1.29, 1.82) is 0 Å². The van der Waals surface area contributed by atoms with E-state index in [1.165, 1.54) is 0 Å². The first-order valence-electron chi connectivity index (χ1n) is 6.00. The molecule has 0 saturated heterocycles. The number of hydrazine groups is 1. The van der Waals surface area contributed by atoms with Gasteiger partial charge in [0.25, 0.3) is 0 Å². The van der Waals surface area contributed by atoms with Crippen LogP contribution in [0.3, 0.4) is 0 Å². The molecule has 0 bridgehead atoms. The molecule has 2 rings (SSSR count). The molecule has 0 aromatic carbocycles. The molecule has 0 amide bonds. The van der Waals surface area contributed by atoms with E-state index in [1.54, 1.807) is 14.0 Å². The van der Waals surface area contributed by atoms with Gasteiger partial charge in [-0.05, 0) is 13.3 Å². The van der Waals surface area contributed by atoms with Gasteiger partial charge in [-0.3, -0.25) is 0 Å². The Morgan fingerprint density at radius 1 is 1.37 bits per heavy atom. The molecule has 0 unspecified atom stereocenters. The van der Waals surface area contributed by atoms with Crippen LogP contribution in [0, 0.1) is 6.92 Å². The maximum absolute atomic E-state index is 12.0. The summed E-state index contributed by atoms with van der Waals surface area (Å²) >= 11 is 0. The number of carbonyl (C=O) groups is 1. The number of aromatic amines is 1. The summed E-state index contributed by atoms with van der Waals surface area (Å²) in [6.07, 6.45) is 0.763. The zero-order valence-corrected chi connectivity index (χ0v) is 11.1. The quantitative estimate of drug-likeness (QED) is 0.541. The summed E-state index contributed by atoms with van der Waals surface area (Å²) in [4.78, 5) is 16.3. The molecular formula is C11H16N6O2. The number of hydrogen-bond acceptors (Lipinski definition) is 7. The number of esters is 1. The molecule has 0 radical (unpaired) electrons. The minimum absolute atomic E-state index is 0.346. The van der Waals surface area contributed by atoms with Crippen molar-refractivity contribution in [3.63, 3.8) is 0 Å². The first-order chi connectivity index (χ1) is 9.19. The molecule has 19 heavy (non-hydrogen) atoms. The normalized spacial score (nSPS) is 10.7. The van der Waals surface area contributed by atoms with E-state index in [0.717, 1.165) is 6.42 Å². The van der Waals surface area contributed by atoms with Crippen molar-refractivity contribution < 1.29 is 9.53 Å². The Morgan fingerprint density at radius 2 is 2.11 bits per heavy atom. The number of anilines is 1. The van der Waals surface area contributed by atoms with Gasteiger partial charge in [0.05, 0.1) is 12.3 Å². The maximum atomic E-state index is 12.0. The molecule has 0 aliphatic heterocycles. The molecule has 102 valence electrons. The molecule has 3 N–H and O–H groups in total. The molecule has 8 nitrogen and oxygen atoms in total. The minimum atomic E-state index is -0.429. The highest BCUT2D eigenvalue weighted by atomic mass is 16.5. The smallest absolute Gasteiger partial charge is 0.342 e. The Labute approximate surface area is 109 Å². The summed E-state index contributed by atoms with van der Waals surface area (Å²) in [5.74, 6) is 0.0811. The van der Waals surface area contributed by atoms with E-state index in [-0.39, 0.29) is 0 Å². The number of ether oxygens (including phenoxy) is 1. The number of hydrogen-bond donors (Lipinski definition) is 3. The third kappa shape index (κ3) is 2.48. The molecule has 0 aliphatic rings. The number of nitrogens with one attached hydrogen (secondary N) is 3. The van der Waals surface area contributed by atoms with Crippen LogP contribution >= 0.6 is 0 Å². The number of rotatable bonds is 5. The molecule has 0 saturated carbocycles. The average Bonchev–Trinajstić information content (AvgIpc) is 2.85. The number of pyridine rings is 1. The topological polar surface area (TPSA) is 105 Å². The highest BCUT2D eigenvalue weighted by Crippen LogP contribution is 2.23. The molecule has 0 atom stereocenters. The fourth-order valence-electron chi connectivity index (χ4n) is 1.74. The number of H-pyrrole nitrogens is 1. The second kappa shape index (κ2) is 5.61.